The molecule has 2 amide bonds. The minimum atomic E-state index is -3.48. The molecule has 26 heavy (non-hydrogen) atoms. The Morgan fingerprint density at radius 1 is 1.12 bits per heavy atom. The van der Waals surface area contributed by atoms with Gasteiger partial charge in [0.1, 0.15) is 6.54 Å². The van der Waals surface area contributed by atoms with Crippen LogP contribution in [0.25, 0.3) is 0 Å². The predicted molar refractivity (Wildman–Crippen MR) is 100 cm³/mol. The van der Waals surface area contributed by atoms with Crippen LogP contribution in [0, 0.1) is 0 Å². The zero-order valence-electron chi connectivity index (χ0n) is 13.8. The second-order valence-corrected chi connectivity index (χ2v) is 8.47. The fraction of sp³-hybridized carbons (Fsp3) is 0.222. The monoisotopic (exact) mass is 392 g/mol. The van der Waals surface area contributed by atoms with Crippen molar-refractivity contribution in [3.8, 4) is 0 Å². The zero-order valence-corrected chi connectivity index (χ0v) is 15.4. The number of fused-ring (bicyclic) bond motifs is 1. The van der Waals surface area contributed by atoms with E-state index in [2.05, 4.69) is 5.32 Å². The van der Waals surface area contributed by atoms with E-state index in [0.717, 1.165) is 0 Å². The summed E-state index contributed by atoms with van der Waals surface area (Å²) in [6.07, 6.45) is 0.207. The molecular formula is C18H17ClN2O4S. The van der Waals surface area contributed by atoms with Gasteiger partial charge in [-0.1, -0.05) is 23.7 Å². The second-order valence-electron chi connectivity index (χ2n) is 5.92. The highest BCUT2D eigenvalue weighted by molar-refractivity contribution is 7.91. The first kappa shape index (κ1) is 18.4. The highest BCUT2D eigenvalue weighted by Crippen LogP contribution is 2.29. The Balaban J connectivity index is 1.64. The Labute approximate surface area is 156 Å². The molecule has 0 fully saturated rings. The van der Waals surface area contributed by atoms with E-state index in [0.29, 0.717) is 16.4 Å². The third-order valence-corrected chi connectivity index (χ3v) is 6.12. The van der Waals surface area contributed by atoms with Gasteiger partial charge >= 0.3 is 0 Å². The molecule has 2 aromatic carbocycles. The molecule has 0 spiro atoms. The molecule has 0 saturated heterocycles. The summed E-state index contributed by atoms with van der Waals surface area (Å²) >= 11 is 5.77. The van der Waals surface area contributed by atoms with Crippen molar-refractivity contribution < 1.29 is 18.0 Å². The Hall–Kier alpha value is -2.38. The normalized spacial score (nSPS) is 13.9. The third kappa shape index (κ3) is 4.05. The summed E-state index contributed by atoms with van der Waals surface area (Å²) in [6.45, 7) is -0.0697. The molecule has 1 aliphatic heterocycles. The van der Waals surface area contributed by atoms with Crippen molar-refractivity contribution >= 4 is 44.6 Å². The van der Waals surface area contributed by atoms with Crippen LogP contribution in [0.5, 0.6) is 0 Å². The van der Waals surface area contributed by atoms with Crippen LogP contribution in [-0.4, -0.2) is 32.5 Å². The quantitative estimate of drug-likeness (QED) is 0.848. The summed E-state index contributed by atoms with van der Waals surface area (Å²) in [4.78, 5) is 25.9. The van der Waals surface area contributed by atoms with Gasteiger partial charge in [0.15, 0.2) is 9.84 Å². The first-order valence-electron chi connectivity index (χ1n) is 8.04. The molecule has 0 saturated carbocycles. The van der Waals surface area contributed by atoms with Crippen molar-refractivity contribution in [1.82, 2.24) is 0 Å². The van der Waals surface area contributed by atoms with Crippen LogP contribution < -0.4 is 10.2 Å². The van der Waals surface area contributed by atoms with Crippen LogP contribution in [-0.2, 0) is 19.4 Å². The number of nitrogens with zero attached hydrogens (tertiary/aromatic N) is 1. The fourth-order valence-electron chi connectivity index (χ4n) is 2.76. The average Bonchev–Trinajstić information content (AvgIpc) is 2.61. The minimum absolute atomic E-state index is 0.0361. The molecule has 0 radical (unpaired) electrons. The van der Waals surface area contributed by atoms with Crippen LogP contribution in [0.2, 0.25) is 5.02 Å². The molecular weight excluding hydrogens is 376 g/mol. The molecule has 2 aromatic rings. The summed E-state index contributed by atoms with van der Waals surface area (Å²) in [5.41, 5.74) is 1.20. The number of rotatable bonds is 5. The SMILES string of the molecule is O=C1CN(C(=O)CCCS(=O)(=O)c2ccc(Cl)cc2)c2ccccc2N1. The lowest BCUT2D eigenvalue weighted by Crippen LogP contribution is -2.42. The van der Waals surface area contributed by atoms with Gasteiger partial charge in [0.25, 0.3) is 0 Å². The van der Waals surface area contributed by atoms with Crippen molar-refractivity contribution in [2.75, 3.05) is 22.5 Å². The molecule has 0 bridgehead atoms. The maximum Gasteiger partial charge on any atom is 0.244 e. The van der Waals surface area contributed by atoms with Crippen LogP contribution in [0.4, 0.5) is 11.4 Å². The second kappa shape index (κ2) is 7.47. The number of sulfone groups is 1. The summed E-state index contributed by atoms with van der Waals surface area (Å²) in [5, 5.41) is 3.17. The minimum Gasteiger partial charge on any atom is -0.323 e. The maximum absolute atomic E-state index is 12.5. The number of nitrogens with one attached hydrogen (secondary N) is 1. The van der Waals surface area contributed by atoms with Gasteiger partial charge < -0.3 is 10.2 Å². The number of amides is 2. The fourth-order valence-corrected chi connectivity index (χ4v) is 4.20. The summed E-state index contributed by atoms with van der Waals surface area (Å²) in [7, 11) is -3.48. The first-order chi connectivity index (χ1) is 12.4. The van der Waals surface area contributed by atoms with Gasteiger partial charge in [-0.2, -0.15) is 0 Å². The molecule has 6 nitrogen and oxygen atoms in total. The van der Waals surface area contributed by atoms with E-state index in [1.807, 2.05) is 0 Å². The van der Waals surface area contributed by atoms with E-state index in [4.69, 9.17) is 11.6 Å². The van der Waals surface area contributed by atoms with Crippen LogP contribution >= 0.6 is 11.6 Å². The van der Waals surface area contributed by atoms with Crippen LogP contribution in [0.15, 0.2) is 53.4 Å². The number of para-hydroxylation sites is 2. The molecule has 136 valence electrons. The van der Waals surface area contributed by atoms with E-state index < -0.39 is 9.84 Å². The van der Waals surface area contributed by atoms with Crippen molar-refractivity contribution in [3.63, 3.8) is 0 Å². The standard InChI is InChI=1S/C18H17ClN2O4S/c19-13-7-9-14(10-8-13)26(24,25)11-3-6-18(23)21-12-17(22)20-15-4-1-2-5-16(15)21/h1-2,4-5,7-10H,3,6,11-12H2,(H,20,22). The Morgan fingerprint density at radius 2 is 1.81 bits per heavy atom. The van der Waals surface area contributed by atoms with Gasteiger partial charge in [-0.25, -0.2) is 8.42 Å². The summed E-state index contributed by atoms with van der Waals surface area (Å²) in [5.74, 6) is -0.702. The van der Waals surface area contributed by atoms with E-state index in [1.54, 1.807) is 24.3 Å². The Kier molecular flexibility index (Phi) is 5.29. The number of benzene rings is 2. The molecule has 0 unspecified atom stereocenters. The van der Waals surface area contributed by atoms with Gasteiger partial charge in [-0.15, -0.1) is 0 Å². The number of carbonyl (C=O) groups is 2. The third-order valence-electron chi connectivity index (χ3n) is 4.05. The number of hydrogen-bond donors (Lipinski definition) is 1. The molecule has 0 aliphatic carbocycles. The Bertz CT molecular complexity index is 942. The molecule has 0 atom stereocenters. The number of halogens is 1. The highest BCUT2D eigenvalue weighted by atomic mass is 35.5. The number of carbonyl (C=O) groups excluding carboxylic acids is 2. The van der Waals surface area contributed by atoms with Gasteiger partial charge in [-0.3, -0.25) is 9.59 Å². The predicted octanol–water partition coefficient (Wildman–Crippen LogP) is 2.88. The van der Waals surface area contributed by atoms with Crippen molar-refractivity contribution in [3.05, 3.63) is 53.6 Å². The molecule has 0 aromatic heterocycles. The smallest absolute Gasteiger partial charge is 0.244 e. The lowest BCUT2D eigenvalue weighted by Gasteiger charge is -2.29. The number of anilines is 2. The molecule has 3 rings (SSSR count). The van der Waals surface area contributed by atoms with E-state index in [-0.39, 0.29) is 41.8 Å². The van der Waals surface area contributed by atoms with Crippen molar-refractivity contribution in [2.24, 2.45) is 0 Å². The highest BCUT2D eigenvalue weighted by Gasteiger charge is 2.26. The van der Waals surface area contributed by atoms with Crippen LogP contribution in [0.1, 0.15) is 12.8 Å². The summed E-state index contributed by atoms with van der Waals surface area (Å²) < 4.78 is 24.6. The summed E-state index contributed by atoms with van der Waals surface area (Å²) in [6, 6.07) is 12.9. The van der Waals surface area contributed by atoms with Crippen LogP contribution in [0.3, 0.4) is 0 Å². The maximum atomic E-state index is 12.5. The van der Waals surface area contributed by atoms with Gasteiger partial charge in [0, 0.05) is 11.4 Å². The molecule has 1 heterocycles. The van der Waals surface area contributed by atoms with Crippen molar-refractivity contribution in [2.45, 2.75) is 17.7 Å². The lowest BCUT2D eigenvalue weighted by molar-refractivity contribution is -0.121. The first-order valence-corrected chi connectivity index (χ1v) is 10.1. The van der Waals surface area contributed by atoms with Gasteiger partial charge in [0.2, 0.25) is 11.8 Å². The number of hydrogen-bond acceptors (Lipinski definition) is 4. The zero-order chi connectivity index (χ0) is 18.7. The Morgan fingerprint density at radius 3 is 2.54 bits per heavy atom. The van der Waals surface area contributed by atoms with E-state index in [9.17, 15) is 18.0 Å². The van der Waals surface area contributed by atoms with Crippen molar-refractivity contribution in [1.29, 1.82) is 0 Å². The van der Waals surface area contributed by atoms with Gasteiger partial charge in [-0.05, 0) is 42.8 Å². The van der Waals surface area contributed by atoms with Gasteiger partial charge in [0.05, 0.1) is 22.0 Å². The van der Waals surface area contributed by atoms with E-state index >= 15 is 0 Å². The lowest BCUT2D eigenvalue weighted by atomic mass is 10.1. The van der Waals surface area contributed by atoms with E-state index in [1.165, 1.54) is 29.2 Å². The average molecular weight is 393 g/mol. The topological polar surface area (TPSA) is 83.6 Å². The molecule has 8 heteroatoms. The molecule has 1 aliphatic rings. The largest absolute Gasteiger partial charge is 0.323 e. The molecule has 1 N–H and O–H groups in total.